The van der Waals surface area contributed by atoms with Crippen LogP contribution in [0.2, 0.25) is 10.0 Å². The molecule has 4 rings (SSSR count). The molecule has 6 nitrogen and oxygen atoms in total. The second-order valence-electron chi connectivity index (χ2n) is 5.85. The Balaban J connectivity index is 1.65. The van der Waals surface area contributed by atoms with Gasteiger partial charge >= 0.3 is 0 Å². The van der Waals surface area contributed by atoms with Crippen LogP contribution in [0.25, 0.3) is 20.8 Å². The SMILES string of the molecule is Nc1nccc(-c2cc3ncn(CCc4ccc(Cl)cc4Cl)c(=O)c3s2)n1. The van der Waals surface area contributed by atoms with Crippen LogP contribution in [-0.2, 0) is 13.0 Å². The average molecular weight is 418 g/mol. The summed E-state index contributed by atoms with van der Waals surface area (Å²) >= 11 is 13.5. The van der Waals surface area contributed by atoms with Gasteiger partial charge in [0, 0.05) is 22.8 Å². The van der Waals surface area contributed by atoms with E-state index < -0.39 is 0 Å². The minimum atomic E-state index is -0.0941. The fourth-order valence-electron chi connectivity index (χ4n) is 2.71. The van der Waals surface area contributed by atoms with Crippen molar-refractivity contribution in [3.8, 4) is 10.6 Å². The average Bonchev–Trinajstić information content (AvgIpc) is 3.08. The Bertz CT molecular complexity index is 1200. The van der Waals surface area contributed by atoms with Gasteiger partial charge in [0.15, 0.2) is 0 Å². The molecule has 1 aromatic carbocycles. The van der Waals surface area contributed by atoms with Crippen LogP contribution in [-0.4, -0.2) is 19.5 Å². The number of nitrogen functional groups attached to an aromatic ring is 1. The van der Waals surface area contributed by atoms with E-state index in [4.69, 9.17) is 28.9 Å². The molecule has 0 atom stereocenters. The van der Waals surface area contributed by atoms with Crippen molar-refractivity contribution < 1.29 is 0 Å². The van der Waals surface area contributed by atoms with Crippen LogP contribution >= 0.6 is 34.5 Å². The monoisotopic (exact) mass is 417 g/mol. The van der Waals surface area contributed by atoms with Gasteiger partial charge in [0.05, 0.1) is 22.4 Å². The third-order valence-corrected chi connectivity index (χ3v) is 5.79. The second-order valence-corrected chi connectivity index (χ2v) is 7.75. The Kier molecular flexibility index (Phi) is 4.82. The van der Waals surface area contributed by atoms with Crippen LogP contribution in [0.15, 0.2) is 47.7 Å². The molecule has 0 aliphatic rings. The van der Waals surface area contributed by atoms with Crippen molar-refractivity contribution in [3.63, 3.8) is 0 Å². The van der Waals surface area contributed by atoms with Crippen LogP contribution in [0.1, 0.15) is 5.56 Å². The van der Waals surface area contributed by atoms with Gasteiger partial charge in [0.25, 0.3) is 5.56 Å². The van der Waals surface area contributed by atoms with E-state index in [9.17, 15) is 4.79 Å². The lowest BCUT2D eigenvalue weighted by Gasteiger charge is -2.07. The number of halogens is 2. The largest absolute Gasteiger partial charge is 0.368 e. The number of thiophene rings is 1. The first-order chi connectivity index (χ1) is 13.0. The van der Waals surface area contributed by atoms with Crippen LogP contribution in [0.5, 0.6) is 0 Å². The lowest BCUT2D eigenvalue weighted by atomic mass is 10.1. The molecule has 0 aliphatic carbocycles. The van der Waals surface area contributed by atoms with Gasteiger partial charge in [-0.25, -0.2) is 15.0 Å². The maximum atomic E-state index is 12.8. The molecule has 2 N–H and O–H groups in total. The summed E-state index contributed by atoms with van der Waals surface area (Å²) in [4.78, 5) is 26.1. The van der Waals surface area contributed by atoms with Gasteiger partial charge in [-0.1, -0.05) is 29.3 Å². The van der Waals surface area contributed by atoms with Crippen LogP contribution < -0.4 is 11.3 Å². The van der Waals surface area contributed by atoms with Gasteiger partial charge in [-0.2, -0.15) is 0 Å². The molecule has 3 aromatic heterocycles. The minimum Gasteiger partial charge on any atom is -0.368 e. The van der Waals surface area contributed by atoms with Gasteiger partial charge in [0.2, 0.25) is 5.95 Å². The zero-order valence-electron chi connectivity index (χ0n) is 13.9. The Morgan fingerprint density at radius 1 is 1.15 bits per heavy atom. The molecule has 0 saturated heterocycles. The zero-order valence-corrected chi connectivity index (χ0v) is 16.2. The van der Waals surface area contributed by atoms with Crippen LogP contribution in [0, 0.1) is 0 Å². The standard InChI is InChI=1S/C18H13Cl2N5OS/c19-11-2-1-10(12(20)7-11)4-6-25-9-23-14-8-15(27-16(14)17(25)26)13-3-5-22-18(21)24-13/h1-3,5,7-9H,4,6H2,(H2,21,22,24). The van der Waals surface area contributed by atoms with E-state index in [2.05, 4.69) is 15.0 Å². The van der Waals surface area contributed by atoms with E-state index in [0.717, 1.165) is 10.4 Å². The normalized spacial score (nSPS) is 11.2. The maximum absolute atomic E-state index is 12.8. The van der Waals surface area contributed by atoms with Crippen molar-refractivity contribution in [2.24, 2.45) is 0 Å². The lowest BCUT2D eigenvalue weighted by molar-refractivity contribution is 0.663. The molecule has 0 bridgehead atoms. The highest BCUT2D eigenvalue weighted by atomic mass is 35.5. The van der Waals surface area contributed by atoms with Crippen LogP contribution in [0.3, 0.4) is 0 Å². The molecular formula is C18H13Cl2N5OS. The number of anilines is 1. The first-order valence-corrected chi connectivity index (χ1v) is 9.60. The summed E-state index contributed by atoms with van der Waals surface area (Å²) in [5, 5.41) is 1.17. The zero-order chi connectivity index (χ0) is 19.0. The van der Waals surface area contributed by atoms with E-state index in [1.165, 1.54) is 11.3 Å². The van der Waals surface area contributed by atoms with Gasteiger partial charge < -0.3 is 5.73 Å². The topological polar surface area (TPSA) is 86.7 Å². The molecule has 27 heavy (non-hydrogen) atoms. The number of aryl methyl sites for hydroxylation is 2. The third kappa shape index (κ3) is 3.66. The highest BCUT2D eigenvalue weighted by molar-refractivity contribution is 7.22. The first kappa shape index (κ1) is 17.9. The highest BCUT2D eigenvalue weighted by Crippen LogP contribution is 2.29. The Labute approximate surface area is 168 Å². The number of hydrogen-bond donors (Lipinski definition) is 1. The molecular weight excluding hydrogens is 405 g/mol. The molecule has 0 amide bonds. The summed E-state index contributed by atoms with van der Waals surface area (Å²) in [5.41, 5.74) is 7.78. The Hall–Kier alpha value is -2.48. The summed E-state index contributed by atoms with van der Waals surface area (Å²) in [6, 6.07) is 8.93. The summed E-state index contributed by atoms with van der Waals surface area (Å²) in [7, 11) is 0. The lowest BCUT2D eigenvalue weighted by Crippen LogP contribution is -2.20. The number of fused-ring (bicyclic) bond motifs is 1. The van der Waals surface area contributed by atoms with E-state index >= 15 is 0 Å². The third-order valence-electron chi connectivity index (χ3n) is 4.07. The molecule has 3 heterocycles. The fraction of sp³-hybridized carbons (Fsp3) is 0.111. The van der Waals surface area contributed by atoms with E-state index in [1.54, 1.807) is 35.3 Å². The number of rotatable bonds is 4. The number of hydrogen-bond acceptors (Lipinski definition) is 6. The fourth-order valence-corrected chi connectivity index (χ4v) is 4.24. The van der Waals surface area contributed by atoms with E-state index in [1.807, 2.05) is 12.1 Å². The minimum absolute atomic E-state index is 0.0941. The predicted molar refractivity (Wildman–Crippen MR) is 109 cm³/mol. The van der Waals surface area contributed by atoms with Gasteiger partial charge in [-0.15, -0.1) is 11.3 Å². The summed E-state index contributed by atoms with van der Waals surface area (Å²) in [5.74, 6) is 0.190. The molecule has 4 aromatic rings. The molecule has 136 valence electrons. The van der Waals surface area contributed by atoms with Crippen molar-refractivity contribution in [2.45, 2.75) is 13.0 Å². The molecule has 0 spiro atoms. The van der Waals surface area contributed by atoms with E-state index in [0.29, 0.717) is 38.9 Å². The van der Waals surface area contributed by atoms with Gasteiger partial charge in [-0.3, -0.25) is 9.36 Å². The highest BCUT2D eigenvalue weighted by Gasteiger charge is 2.12. The molecule has 0 unspecified atom stereocenters. The van der Waals surface area contributed by atoms with E-state index in [-0.39, 0.29) is 11.5 Å². The van der Waals surface area contributed by atoms with Crippen molar-refractivity contribution >= 4 is 50.7 Å². The molecule has 0 fully saturated rings. The van der Waals surface area contributed by atoms with Crippen molar-refractivity contribution in [1.29, 1.82) is 0 Å². The number of nitrogens with two attached hydrogens (primary N) is 1. The number of nitrogens with zero attached hydrogens (tertiary/aromatic N) is 4. The quantitative estimate of drug-likeness (QED) is 0.541. The first-order valence-electron chi connectivity index (χ1n) is 8.03. The number of benzene rings is 1. The summed E-state index contributed by atoms with van der Waals surface area (Å²) < 4.78 is 2.16. The smallest absolute Gasteiger partial charge is 0.271 e. The molecule has 9 heteroatoms. The maximum Gasteiger partial charge on any atom is 0.271 e. The molecule has 0 saturated carbocycles. The Morgan fingerprint density at radius 3 is 2.78 bits per heavy atom. The predicted octanol–water partition coefficient (Wildman–Crippen LogP) is 4.05. The van der Waals surface area contributed by atoms with Gasteiger partial charge in [-0.05, 0) is 36.2 Å². The van der Waals surface area contributed by atoms with Crippen molar-refractivity contribution in [3.05, 3.63) is 68.8 Å². The van der Waals surface area contributed by atoms with Crippen molar-refractivity contribution in [1.82, 2.24) is 19.5 Å². The summed E-state index contributed by atoms with van der Waals surface area (Å²) in [6.45, 7) is 0.469. The molecule has 0 aliphatic heterocycles. The second kappa shape index (κ2) is 7.26. The number of aromatic nitrogens is 4. The Morgan fingerprint density at radius 2 is 2.00 bits per heavy atom. The van der Waals surface area contributed by atoms with Crippen LogP contribution in [0.4, 0.5) is 5.95 Å². The molecule has 0 radical (unpaired) electrons. The van der Waals surface area contributed by atoms with Crippen molar-refractivity contribution in [2.75, 3.05) is 5.73 Å². The summed E-state index contributed by atoms with van der Waals surface area (Å²) in [6.07, 6.45) is 3.74. The van der Waals surface area contributed by atoms with Gasteiger partial charge in [0.1, 0.15) is 4.70 Å².